The van der Waals surface area contributed by atoms with Gasteiger partial charge in [0, 0.05) is 22.5 Å². The predicted octanol–water partition coefficient (Wildman–Crippen LogP) is 5.13. The van der Waals surface area contributed by atoms with Crippen LogP contribution < -0.4 is 10.1 Å². The van der Waals surface area contributed by atoms with Gasteiger partial charge in [0.1, 0.15) is 5.75 Å². The van der Waals surface area contributed by atoms with E-state index in [4.69, 9.17) is 21.1 Å². The van der Waals surface area contributed by atoms with Gasteiger partial charge in [-0.1, -0.05) is 47.6 Å². The van der Waals surface area contributed by atoms with Crippen molar-refractivity contribution in [3.05, 3.63) is 81.5 Å². The fraction of sp³-hybridized carbons (Fsp3) is 0.208. The van der Waals surface area contributed by atoms with E-state index in [9.17, 15) is 9.59 Å². The molecule has 0 fully saturated rings. The number of ether oxygens (including phenoxy) is 2. The van der Waals surface area contributed by atoms with Crippen molar-refractivity contribution in [3.63, 3.8) is 0 Å². The third-order valence-electron chi connectivity index (χ3n) is 5.30. The standard InChI is InChI=1S/C24H22ClN3O4S/c1-14-21(23(30)32-3)22(18-9-4-5-10-19(18)25)28-16(13-33-24(28)26-14)12-20(29)27-15-7-6-8-17(11-15)31-2/h4-11,13,22H,12H2,1-3H3,(H,27,29). The number of thioether (sulfide) groups is 1. The van der Waals surface area contributed by atoms with Crippen molar-refractivity contribution in [2.45, 2.75) is 19.4 Å². The maximum atomic E-state index is 12.9. The normalized spacial score (nSPS) is 17.2. The minimum Gasteiger partial charge on any atom is -0.497 e. The van der Waals surface area contributed by atoms with E-state index in [1.165, 1.54) is 18.9 Å². The van der Waals surface area contributed by atoms with E-state index < -0.39 is 12.0 Å². The van der Waals surface area contributed by atoms with Crippen LogP contribution in [0.2, 0.25) is 5.02 Å². The zero-order valence-corrected chi connectivity index (χ0v) is 19.9. The van der Waals surface area contributed by atoms with Crippen LogP contribution in [-0.2, 0) is 14.3 Å². The molecule has 4 rings (SSSR count). The molecule has 0 saturated carbocycles. The van der Waals surface area contributed by atoms with Gasteiger partial charge in [0.25, 0.3) is 0 Å². The zero-order valence-electron chi connectivity index (χ0n) is 18.3. The Labute approximate surface area is 201 Å². The van der Waals surface area contributed by atoms with Crippen molar-refractivity contribution >= 4 is 46.1 Å². The van der Waals surface area contributed by atoms with Crippen LogP contribution in [0.25, 0.3) is 0 Å². The molecule has 9 heteroatoms. The molecule has 170 valence electrons. The molecule has 1 amide bonds. The number of benzene rings is 2. The summed E-state index contributed by atoms with van der Waals surface area (Å²) in [5, 5.41) is 5.95. The van der Waals surface area contributed by atoms with Crippen molar-refractivity contribution < 1.29 is 19.1 Å². The zero-order chi connectivity index (χ0) is 23.5. The molecule has 2 aromatic rings. The van der Waals surface area contributed by atoms with Crippen LogP contribution in [0.3, 0.4) is 0 Å². The highest BCUT2D eigenvalue weighted by Gasteiger charge is 2.41. The van der Waals surface area contributed by atoms with E-state index >= 15 is 0 Å². The molecule has 2 aromatic carbocycles. The second-order valence-electron chi connectivity index (χ2n) is 7.36. The Morgan fingerprint density at radius 1 is 1.18 bits per heavy atom. The molecule has 0 aromatic heterocycles. The van der Waals surface area contributed by atoms with Gasteiger partial charge in [-0.2, -0.15) is 0 Å². The SMILES string of the molecule is COC(=O)C1=C(C)N=C2SC=C(CC(=O)Nc3cccc(OC)c3)N2C1c1ccccc1Cl. The number of hydrogen-bond acceptors (Lipinski definition) is 7. The van der Waals surface area contributed by atoms with E-state index in [1.54, 1.807) is 44.4 Å². The molecule has 0 radical (unpaired) electrons. The number of nitrogens with zero attached hydrogens (tertiary/aromatic N) is 2. The van der Waals surface area contributed by atoms with Crippen molar-refractivity contribution in [2.24, 2.45) is 4.99 Å². The summed E-state index contributed by atoms with van der Waals surface area (Å²) in [6.07, 6.45) is 0.0810. The van der Waals surface area contributed by atoms with Crippen LogP contribution in [0, 0.1) is 0 Å². The molecule has 2 aliphatic heterocycles. The summed E-state index contributed by atoms with van der Waals surface area (Å²) in [6.45, 7) is 1.77. The number of amides is 1. The molecule has 1 N–H and O–H groups in total. The third-order valence-corrected chi connectivity index (χ3v) is 6.53. The van der Waals surface area contributed by atoms with Gasteiger partial charge in [-0.15, -0.1) is 0 Å². The van der Waals surface area contributed by atoms with Crippen molar-refractivity contribution in [2.75, 3.05) is 19.5 Å². The predicted molar refractivity (Wildman–Crippen MR) is 130 cm³/mol. The van der Waals surface area contributed by atoms with E-state index in [2.05, 4.69) is 10.3 Å². The summed E-state index contributed by atoms with van der Waals surface area (Å²) >= 11 is 7.94. The topological polar surface area (TPSA) is 80.2 Å². The second-order valence-corrected chi connectivity index (χ2v) is 8.61. The Morgan fingerprint density at radius 3 is 2.70 bits per heavy atom. The van der Waals surface area contributed by atoms with Gasteiger partial charge in [0.2, 0.25) is 5.91 Å². The summed E-state index contributed by atoms with van der Waals surface area (Å²) in [6, 6.07) is 13.9. The number of amidine groups is 1. The molecule has 2 heterocycles. The summed E-state index contributed by atoms with van der Waals surface area (Å²) < 4.78 is 10.3. The highest BCUT2D eigenvalue weighted by Crippen LogP contribution is 2.46. The number of carbonyl (C=O) groups excluding carboxylic acids is 2. The first-order chi connectivity index (χ1) is 15.9. The monoisotopic (exact) mass is 483 g/mol. The Morgan fingerprint density at radius 2 is 1.97 bits per heavy atom. The number of nitrogens with one attached hydrogen (secondary N) is 1. The minimum absolute atomic E-state index is 0.0810. The summed E-state index contributed by atoms with van der Waals surface area (Å²) in [4.78, 5) is 32.1. The average Bonchev–Trinajstić information content (AvgIpc) is 3.20. The Balaban J connectivity index is 1.66. The molecular formula is C24H22ClN3O4S. The Hall–Kier alpha value is -3.23. The molecule has 0 aliphatic carbocycles. The maximum Gasteiger partial charge on any atom is 0.338 e. The first kappa shape index (κ1) is 22.9. The number of carbonyl (C=O) groups is 2. The van der Waals surface area contributed by atoms with E-state index in [0.29, 0.717) is 38.6 Å². The lowest BCUT2D eigenvalue weighted by molar-refractivity contribution is -0.136. The molecule has 1 atom stereocenters. The van der Waals surface area contributed by atoms with Crippen LogP contribution in [0.15, 0.2) is 75.9 Å². The number of allylic oxidation sites excluding steroid dienone is 1. The van der Waals surface area contributed by atoms with Gasteiger partial charge < -0.3 is 19.7 Å². The smallest absolute Gasteiger partial charge is 0.338 e. The Bertz CT molecular complexity index is 1210. The third kappa shape index (κ3) is 4.62. The lowest BCUT2D eigenvalue weighted by Crippen LogP contribution is -2.37. The maximum absolute atomic E-state index is 12.9. The van der Waals surface area contributed by atoms with Crippen LogP contribution in [0.4, 0.5) is 5.69 Å². The second kappa shape index (κ2) is 9.72. The van der Waals surface area contributed by atoms with Gasteiger partial charge in [-0.25, -0.2) is 9.79 Å². The van der Waals surface area contributed by atoms with Crippen molar-refractivity contribution in [3.8, 4) is 5.75 Å². The highest BCUT2D eigenvalue weighted by molar-refractivity contribution is 8.16. The first-order valence-corrected chi connectivity index (χ1v) is 11.4. The van der Waals surface area contributed by atoms with Crippen LogP contribution in [0.1, 0.15) is 24.9 Å². The van der Waals surface area contributed by atoms with Gasteiger partial charge in [-0.3, -0.25) is 4.79 Å². The number of methoxy groups -OCH3 is 2. The largest absolute Gasteiger partial charge is 0.497 e. The first-order valence-electron chi connectivity index (χ1n) is 10.1. The molecule has 7 nitrogen and oxygen atoms in total. The van der Waals surface area contributed by atoms with Crippen molar-refractivity contribution in [1.82, 2.24) is 4.90 Å². The fourth-order valence-corrected chi connectivity index (χ4v) is 5.01. The summed E-state index contributed by atoms with van der Waals surface area (Å²) in [7, 11) is 2.91. The fourth-order valence-electron chi connectivity index (χ4n) is 3.80. The molecule has 0 bridgehead atoms. The Kier molecular flexibility index (Phi) is 6.76. The molecular weight excluding hydrogens is 462 g/mol. The number of halogens is 1. The number of hydrogen-bond donors (Lipinski definition) is 1. The lowest BCUT2D eigenvalue weighted by Gasteiger charge is -2.36. The van der Waals surface area contributed by atoms with Crippen LogP contribution in [-0.4, -0.2) is 36.2 Å². The highest BCUT2D eigenvalue weighted by atomic mass is 35.5. The van der Waals surface area contributed by atoms with E-state index in [1.807, 2.05) is 28.5 Å². The molecule has 0 saturated heterocycles. The number of anilines is 1. The lowest BCUT2D eigenvalue weighted by atomic mass is 9.94. The van der Waals surface area contributed by atoms with E-state index in [0.717, 1.165) is 5.56 Å². The minimum atomic E-state index is -0.565. The number of fused-ring (bicyclic) bond motifs is 1. The van der Waals surface area contributed by atoms with Gasteiger partial charge in [0.05, 0.1) is 38.0 Å². The number of aliphatic imine (C=N–C) groups is 1. The number of esters is 1. The van der Waals surface area contributed by atoms with Crippen molar-refractivity contribution in [1.29, 1.82) is 0 Å². The molecule has 1 unspecified atom stereocenters. The molecule has 33 heavy (non-hydrogen) atoms. The van der Waals surface area contributed by atoms with E-state index in [-0.39, 0.29) is 12.3 Å². The number of rotatable bonds is 6. The van der Waals surface area contributed by atoms with Gasteiger partial charge in [-0.05, 0) is 36.1 Å². The van der Waals surface area contributed by atoms with Crippen LogP contribution in [0.5, 0.6) is 5.75 Å². The summed E-state index contributed by atoms with van der Waals surface area (Å²) in [5.74, 6) is -0.0477. The molecule has 2 aliphatic rings. The summed E-state index contributed by atoms with van der Waals surface area (Å²) in [5.41, 5.74) is 3.01. The average molecular weight is 484 g/mol. The quantitative estimate of drug-likeness (QED) is 0.574. The molecule has 0 spiro atoms. The van der Waals surface area contributed by atoms with Gasteiger partial charge >= 0.3 is 5.97 Å². The van der Waals surface area contributed by atoms with Crippen LogP contribution >= 0.6 is 23.4 Å². The van der Waals surface area contributed by atoms with Gasteiger partial charge in [0.15, 0.2) is 5.17 Å².